The smallest absolute Gasteiger partial charge is 0.490 e. The first-order chi connectivity index (χ1) is 17.1. The highest BCUT2D eigenvalue weighted by atomic mass is 32.2. The number of anilines is 1. The molecule has 1 aromatic carbocycles. The van der Waals surface area contributed by atoms with Gasteiger partial charge in [-0.05, 0) is 49.6 Å². The number of aliphatic carboxylic acids is 1. The van der Waals surface area contributed by atoms with Crippen molar-refractivity contribution in [2.75, 3.05) is 12.4 Å². The van der Waals surface area contributed by atoms with Crippen molar-refractivity contribution in [3.8, 4) is 17.0 Å². The van der Waals surface area contributed by atoms with Gasteiger partial charge in [0.15, 0.2) is 0 Å². The van der Waals surface area contributed by atoms with Gasteiger partial charge in [0, 0.05) is 23.1 Å². The van der Waals surface area contributed by atoms with Crippen molar-refractivity contribution < 1.29 is 27.8 Å². The zero-order valence-corrected chi connectivity index (χ0v) is 21.5. The van der Waals surface area contributed by atoms with Crippen LogP contribution in [0.2, 0.25) is 0 Å². The van der Waals surface area contributed by atoms with E-state index in [4.69, 9.17) is 19.6 Å². The van der Waals surface area contributed by atoms with E-state index in [0.717, 1.165) is 34.9 Å². The fourth-order valence-corrected chi connectivity index (χ4v) is 5.05. The maximum atomic E-state index is 10.6. The van der Waals surface area contributed by atoms with Crippen LogP contribution < -0.4 is 10.1 Å². The monoisotopic (exact) mass is 523 g/mol. The molecule has 0 radical (unpaired) electrons. The molecule has 10 heteroatoms. The number of benzene rings is 1. The summed E-state index contributed by atoms with van der Waals surface area (Å²) in [4.78, 5) is 15.1. The number of ether oxygens (including phenoxy) is 1. The Bertz CT molecular complexity index is 1160. The Balaban J connectivity index is 0.000000454. The molecular weight excluding hydrogens is 491 g/mol. The standard InChI is InChI=1S/C24H31N3OS.C2HF3O2/c1-4-17(2)29-21-16-18(13-14-20(21)28-3)23-24(25-19-10-6-5-7-11-19)27-15-9-8-12-22(27)26-23;3-2(4,5)1(6)7/h8-9,12-17,19,25H,4-7,10-11H2,1-3H3;(H,6,7). The number of pyridine rings is 1. The lowest BCUT2D eigenvalue weighted by Gasteiger charge is -2.24. The molecule has 36 heavy (non-hydrogen) atoms. The van der Waals surface area contributed by atoms with Crippen molar-refractivity contribution in [1.82, 2.24) is 9.38 Å². The lowest BCUT2D eigenvalue weighted by Crippen LogP contribution is -2.23. The average molecular weight is 524 g/mol. The molecule has 6 nitrogen and oxygen atoms in total. The molecule has 1 aliphatic carbocycles. The van der Waals surface area contributed by atoms with Gasteiger partial charge in [0.2, 0.25) is 0 Å². The van der Waals surface area contributed by atoms with Gasteiger partial charge in [0.25, 0.3) is 0 Å². The fourth-order valence-electron chi connectivity index (χ4n) is 3.99. The summed E-state index contributed by atoms with van der Waals surface area (Å²) in [6.07, 6.45) is 4.58. The number of carboxylic acid groups (broad SMARTS) is 1. The van der Waals surface area contributed by atoms with Gasteiger partial charge in [0.1, 0.15) is 22.9 Å². The van der Waals surface area contributed by atoms with E-state index in [1.54, 1.807) is 7.11 Å². The second-order valence-electron chi connectivity index (χ2n) is 8.72. The number of fused-ring (bicyclic) bond motifs is 1. The van der Waals surface area contributed by atoms with Crippen LogP contribution in [0.4, 0.5) is 19.0 Å². The van der Waals surface area contributed by atoms with Gasteiger partial charge in [-0.25, -0.2) is 9.78 Å². The highest BCUT2D eigenvalue weighted by molar-refractivity contribution is 8.00. The molecule has 1 atom stereocenters. The minimum absolute atomic E-state index is 0.523. The van der Waals surface area contributed by atoms with E-state index >= 15 is 0 Å². The Morgan fingerprint density at radius 2 is 1.94 bits per heavy atom. The van der Waals surface area contributed by atoms with E-state index < -0.39 is 12.1 Å². The average Bonchev–Trinajstić information content (AvgIpc) is 3.22. The minimum Gasteiger partial charge on any atom is -0.496 e. The lowest BCUT2D eigenvalue weighted by atomic mass is 9.95. The van der Waals surface area contributed by atoms with Crippen LogP contribution in [0, 0.1) is 0 Å². The Kier molecular flexibility index (Phi) is 9.53. The fraction of sp³-hybridized carbons (Fsp3) is 0.462. The van der Waals surface area contributed by atoms with Crippen molar-refractivity contribution in [3.05, 3.63) is 42.6 Å². The molecule has 1 fully saturated rings. The number of imidazole rings is 1. The van der Waals surface area contributed by atoms with Crippen LogP contribution in [0.1, 0.15) is 52.4 Å². The van der Waals surface area contributed by atoms with Crippen LogP contribution in [-0.4, -0.2) is 45.0 Å². The van der Waals surface area contributed by atoms with Crippen LogP contribution in [0.5, 0.6) is 5.75 Å². The van der Waals surface area contributed by atoms with E-state index in [9.17, 15) is 13.2 Å². The summed E-state index contributed by atoms with van der Waals surface area (Å²) >= 11 is 1.87. The van der Waals surface area contributed by atoms with E-state index in [0.29, 0.717) is 11.3 Å². The Hall–Kier alpha value is -2.88. The number of rotatable bonds is 7. The second-order valence-corrected chi connectivity index (χ2v) is 10.2. The zero-order chi connectivity index (χ0) is 26.3. The third-order valence-corrected chi connectivity index (χ3v) is 7.37. The van der Waals surface area contributed by atoms with Crippen molar-refractivity contribution in [2.24, 2.45) is 0 Å². The predicted molar refractivity (Wildman–Crippen MR) is 137 cm³/mol. The molecule has 0 bridgehead atoms. The molecule has 2 aromatic heterocycles. The van der Waals surface area contributed by atoms with Gasteiger partial charge in [0.05, 0.1) is 12.0 Å². The molecule has 0 aliphatic heterocycles. The summed E-state index contributed by atoms with van der Waals surface area (Å²) in [6, 6.07) is 13.2. The number of hydrogen-bond donors (Lipinski definition) is 2. The first kappa shape index (κ1) is 27.7. The van der Waals surface area contributed by atoms with Crippen molar-refractivity contribution in [3.63, 3.8) is 0 Å². The number of nitrogens with zero attached hydrogens (tertiary/aromatic N) is 2. The maximum absolute atomic E-state index is 10.6. The first-order valence-electron chi connectivity index (χ1n) is 12.0. The first-order valence-corrected chi connectivity index (χ1v) is 12.9. The van der Waals surface area contributed by atoms with Gasteiger partial charge in [-0.1, -0.05) is 39.2 Å². The molecule has 1 unspecified atom stereocenters. The number of aromatic nitrogens is 2. The summed E-state index contributed by atoms with van der Waals surface area (Å²) in [5.74, 6) is -0.714. The van der Waals surface area contributed by atoms with Crippen molar-refractivity contribution in [2.45, 2.75) is 74.7 Å². The molecule has 2 heterocycles. The number of methoxy groups -OCH3 is 1. The molecule has 0 saturated heterocycles. The van der Waals surface area contributed by atoms with Gasteiger partial charge >= 0.3 is 12.1 Å². The van der Waals surface area contributed by atoms with Gasteiger partial charge < -0.3 is 15.2 Å². The van der Waals surface area contributed by atoms with Crippen LogP contribution in [0.3, 0.4) is 0 Å². The molecular formula is C26H32F3N3O3S. The number of halogens is 3. The van der Waals surface area contributed by atoms with Crippen molar-refractivity contribution in [1.29, 1.82) is 0 Å². The van der Waals surface area contributed by atoms with Crippen LogP contribution >= 0.6 is 11.8 Å². The zero-order valence-electron chi connectivity index (χ0n) is 20.6. The van der Waals surface area contributed by atoms with Crippen LogP contribution in [0.25, 0.3) is 16.9 Å². The predicted octanol–water partition coefficient (Wildman–Crippen LogP) is 7.28. The van der Waals surface area contributed by atoms with E-state index in [-0.39, 0.29) is 0 Å². The molecule has 1 aliphatic rings. The lowest BCUT2D eigenvalue weighted by molar-refractivity contribution is -0.192. The molecule has 196 valence electrons. The summed E-state index contributed by atoms with van der Waals surface area (Å²) in [5.41, 5.74) is 3.14. The summed E-state index contributed by atoms with van der Waals surface area (Å²) in [6.45, 7) is 4.49. The molecule has 3 aromatic rings. The highest BCUT2D eigenvalue weighted by Gasteiger charge is 2.38. The number of nitrogens with one attached hydrogen (secondary N) is 1. The third kappa shape index (κ3) is 7.09. The minimum atomic E-state index is -5.08. The van der Waals surface area contributed by atoms with Gasteiger partial charge in [-0.15, -0.1) is 11.8 Å². The molecule has 4 rings (SSSR count). The van der Waals surface area contributed by atoms with Crippen molar-refractivity contribution >= 4 is 29.2 Å². The van der Waals surface area contributed by atoms with Gasteiger partial charge in [-0.2, -0.15) is 13.2 Å². The topological polar surface area (TPSA) is 75.9 Å². The van der Waals surface area contributed by atoms with Crippen LogP contribution in [0.15, 0.2) is 47.5 Å². The summed E-state index contributed by atoms with van der Waals surface area (Å²) in [7, 11) is 1.75. The normalized spacial score (nSPS) is 15.2. The number of hydrogen-bond acceptors (Lipinski definition) is 5. The second kappa shape index (κ2) is 12.4. The molecule has 1 saturated carbocycles. The molecule has 0 amide bonds. The largest absolute Gasteiger partial charge is 0.496 e. The number of alkyl halides is 3. The summed E-state index contributed by atoms with van der Waals surface area (Å²) in [5, 5.41) is 11.5. The van der Waals surface area contributed by atoms with E-state index in [1.165, 1.54) is 37.0 Å². The number of carboxylic acids is 1. The quantitative estimate of drug-likeness (QED) is 0.317. The molecule has 2 N–H and O–H groups in total. The van der Waals surface area contributed by atoms with Gasteiger partial charge in [-0.3, -0.25) is 4.40 Å². The molecule has 0 spiro atoms. The number of carbonyl (C=O) groups is 1. The number of thioether (sulfide) groups is 1. The highest BCUT2D eigenvalue weighted by Crippen LogP contribution is 2.39. The van der Waals surface area contributed by atoms with E-state index in [1.807, 2.05) is 11.8 Å². The Morgan fingerprint density at radius 1 is 1.25 bits per heavy atom. The third-order valence-electron chi connectivity index (χ3n) is 6.06. The maximum Gasteiger partial charge on any atom is 0.490 e. The summed E-state index contributed by atoms with van der Waals surface area (Å²) < 4.78 is 39.6. The Labute approximate surface area is 213 Å². The van der Waals surface area contributed by atoms with E-state index in [2.05, 4.69) is 66.2 Å². The van der Waals surface area contributed by atoms with Crippen LogP contribution in [-0.2, 0) is 4.79 Å². The Morgan fingerprint density at radius 3 is 2.56 bits per heavy atom. The SMILES string of the molecule is CCC(C)Sc1cc(-c2nc3ccccn3c2NC2CCCCC2)ccc1OC.O=C(O)C(F)(F)F.